The van der Waals surface area contributed by atoms with E-state index in [4.69, 9.17) is 16.3 Å². The van der Waals surface area contributed by atoms with Crippen LogP contribution in [0.15, 0.2) is 40.9 Å². The van der Waals surface area contributed by atoms with Crippen LogP contribution in [0, 0.1) is 22.7 Å². The van der Waals surface area contributed by atoms with Gasteiger partial charge in [0.15, 0.2) is 0 Å². The van der Waals surface area contributed by atoms with Gasteiger partial charge in [-0.25, -0.2) is 0 Å². The SMILES string of the molecule is N#Cc1ccc(NC(=O)c2cc(N)cc(Br)c2)cc1C#N. The summed E-state index contributed by atoms with van der Waals surface area (Å²) < 4.78 is 0.699. The molecule has 0 aliphatic heterocycles. The van der Waals surface area contributed by atoms with Crippen molar-refractivity contribution >= 4 is 33.2 Å². The molecular formula is C15H9BrN4O. The molecule has 0 aliphatic carbocycles. The van der Waals surface area contributed by atoms with Crippen molar-refractivity contribution in [3.63, 3.8) is 0 Å². The van der Waals surface area contributed by atoms with Crippen LogP contribution in [-0.2, 0) is 0 Å². The maximum atomic E-state index is 12.1. The molecule has 0 fully saturated rings. The molecule has 0 radical (unpaired) electrons. The van der Waals surface area contributed by atoms with E-state index in [0.717, 1.165) is 0 Å². The normalized spacial score (nSPS) is 9.48. The predicted molar refractivity (Wildman–Crippen MR) is 82.4 cm³/mol. The van der Waals surface area contributed by atoms with E-state index in [0.29, 0.717) is 21.4 Å². The molecule has 0 saturated carbocycles. The van der Waals surface area contributed by atoms with Gasteiger partial charge in [0.1, 0.15) is 12.1 Å². The molecule has 0 unspecified atom stereocenters. The van der Waals surface area contributed by atoms with E-state index in [1.54, 1.807) is 24.3 Å². The first-order valence-corrected chi connectivity index (χ1v) is 6.64. The highest BCUT2D eigenvalue weighted by Gasteiger charge is 2.09. The summed E-state index contributed by atoms with van der Waals surface area (Å²) in [4.78, 5) is 12.1. The Morgan fingerprint density at radius 1 is 1.10 bits per heavy atom. The molecule has 0 heterocycles. The molecule has 102 valence electrons. The highest BCUT2D eigenvalue weighted by molar-refractivity contribution is 9.10. The van der Waals surface area contributed by atoms with Crippen molar-refractivity contribution < 1.29 is 4.79 Å². The molecule has 0 aromatic heterocycles. The molecule has 2 rings (SSSR count). The van der Waals surface area contributed by atoms with E-state index >= 15 is 0 Å². The second-order valence-corrected chi connectivity index (χ2v) is 5.13. The fraction of sp³-hybridized carbons (Fsp3) is 0. The van der Waals surface area contributed by atoms with Crippen molar-refractivity contribution in [3.05, 3.63) is 57.6 Å². The first-order valence-electron chi connectivity index (χ1n) is 5.85. The highest BCUT2D eigenvalue weighted by atomic mass is 79.9. The van der Waals surface area contributed by atoms with Crippen LogP contribution in [0.5, 0.6) is 0 Å². The second-order valence-electron chi connectivity index (χ2n) is 4.21. The van der Waals surface area contributed by atoms with Crippen LogP contribution < -0.4 is 11.1 Å². The Balaban J connectivity index is 2.28. The monoisotopic (exact) mass is 340 g/mol. The van der Waals surface area contributed by atoms with Crippen molar-refractivity contribution in [3.8, 4) is 12.1 Å². The van der Waals surface area contributed by atoms with Gasteiger partial charge in [-0.05, 0) is 36.4 Å². The number of hydrogen-bond acceptors (Lipinski definition) is 4. The van der Waals surface area contributed by atoms with Gasteiger partial charge < -0.3 is 11.1 Å². The molecule has 0 atom stereocenters. The number of benzene rings is 2. The largest absolute Gasteiger partial charge is 0.399 e. The fourth-order valence-electron chi connectivity index (χ4n) is 1.76. The Hall–Kier alpha value is -2.83. The standard InChI is InChI=1S/C15H9BrN4O/c16-12-3-10(4-13(19)6-12)15(21)20-14-2-1-9(7-17)11(5-14)8-18/h1-6H,19H2,(H,20,21). The number of halogens is 1. The lowest BCUT2D eigenvalue weighted by Crippen LogP contribution is -2.12. The Labute approximate surface area is 129 Å². The van der Waals surface area contributed by atoms with Gasteiger partial charge in [-0.3, -0.25) is 4.79 Å². The van der Waals surface area contributed by atoms with Gasteiger partial charge in [-0.2, -0.15) is 10.5 Å². The fourth-order valence-corrected chi connectivity index (χ4v) is 2.27. The summed E-state index contributed by atoms with van der Waals surface area (Å²) in [6.45, 7) is 0. The van der Waals surface area contributed by atoms with Gasteiger partial charge in [0.05, 0.1) is 11.1 Å². The number of nitrogens with zero attached hydrogens (tertiary/aromatic N) is 2. The Morgan fingerprint density at radius 2 is 1.81 bits per heavy atom. The van der Waals surface area contributed by atoms with Gasteiger partial charge in [-0.15, -0.1) is 0 Å². The molecular weight excluding hydrogens is 332 g/mol. The van der Waals surface area contributed by atoms with Crippen LogP contribution in [0.1, 0.15) is 21.5 Å². The highest BCUT2D eigenvalue weighted by Crippen LogP contribution is 2.19. The molecule has 0 bridgehead atoms. The van der Waals surface area contributed by atoms with Crippen LogP contribution in [0.25, 0.3) is 0 Å². The minimum Gasteiger partial charge on any atom is -0.399 e. The summed E-state index contributed by atoms with van der Waals surface area (Å²) in [6, 6.07) is 13.2. The zero-order chi connectivity index (χ0) is 15.4. The van der Waals surface area contributed by atoms with E-state index in [1.165, 1.54) is 12.1 Å². The van der Waals surface area contributed by atoms with Crippen molar-refractivity contribution in [1.29, 1.82) is 10.5 Å². The van der Waals surface area contributed by atoms with Gasteiger partial charge in [0.2, 0.25) is 0 Å². The molecule has 2 aromatic rings. The summed E-state index contributed by atoms with van der Waals surface area (Å²) in [5.41, 5.74) is 7.46. The van der Waals surface area contributed by atoms with Crippen molar-refractivity contribution in [1.82, 2.24) is 0 Å². The number of carbonyl (C=O) groups excluding carboxylic acids is 1. The van der Waals surface area contributed by atoms with E-state index < -0.39 is 0 Å². The number of hydrogen-bond donors (Lipinski definition) is 2. The lowest BCUT2D eigenvalue weighted by molar-refractivity contribution is 0.102. The van der Waals surface area contributed by atoms with Gasteiger partial charge in [0, 0.05) is 21.4 Å². The van der Waals surface area contributed by atoms with Gasteiger partial charge in [-0.1, -0.05) is 15.9 Å². The van der Waals surface area contributed by atoms with Gasteiger partial charge >= 0.3 is 0 Å². The quantitative estimate of drug-likeness (QED) is 0.820. The number of nitrogen functional groups attached to an aromatic ring is 1. The Kier molecular flexibility index (Phi) is 4.22. The maximum Gasteiger partial charge on any atom is 0.255 e. The molecule has 21 heavy (non-hydrogen) atoms. The third kappa shape index (κ3) is 3.38. The molecule has 0 aliphatic rings. The molecule has 0 spiro atoms. The minimum absolute atomic E-state index is 0.212. The maximum absolute atomic E-state index is 12.1. The number of carbonyl (C=O) groups is 1. The van der Waals surface area contributed by atoms with E-state index in [-0.39, 0.29) is 17.0 Å². The average Bonchev–Trinajstić information content (AvgIpc) is 2.46. The van der Waals surface area contributed by atoms with E-state index in [9.17, 15) is 4.79 Å². The van der Waals surface area contributed by atoms with Crippen LogP contribution in [-0.4, -0.2) is 5.91 Å². The molecule has 6 heteroatoms. The molecule has 1 amide bonds. The number of rotatable bonds is 2. The second kappa shape index (κ2) is 6.08. The van der Waals surface area contributed by atoms with Crippen molar-refractivity contribution in [2.45, 2.75) is 0 Å². The number of anilines is 2. The zero-order valence-electron chi connectivity index (χ0n) is 10.7. The zero-order valence-corrected chi connectivity index (χ0v) is 12.3. The first-order chi connectivity index (χ1) is 10.0. The molecule has 0 saturated heterocycles. The Morgan fingerprint density at radius 3 is 2.43 bits per heavy atom. The summed E-state index contributed by atoms with van der Waals surface area (Å²) >= 11 is 3.27. The minimum atomic E-state index is -0.350. The first kappa shape index (κ1) is 14.6. The smallest absolute Gasteiger partial charge is 0.255 e. The van der Waals surface area contributed by atoms with Crippen LogP contribution in [0.4, 0.5) is 11.4 Å². The van der Waals surface area contributed by atoms with E-state index in [2.05, 4.69) is 21.2 Å². The topological polar surface area (TPSA) is 103 Å². The lowest BCUT2D eigenvalue weighted by atomic mass is 10.1. The van der Waals surface area contributed by atoms with E-state index in [1.807, 2.05) is 12.1 Å². The van der Waals surface area contributed by atoms with Crippen LogP contribution in [0.3, 0.4) is 0 Å². The van der Waals surface area contributed by atoms with Crippen LogP contribution in [0.2, 0.25) is 0 Å². The molecule has 2 aromatic carbocycles. The summed E-state index contributed by atoms with van der Waals surface area (Å²) in [6.07, 6.45) is 0. The lowest BCUT2D eigenvalue weighted by Gasteiger charge is -2.07. The van der Waals surface area contributed by atoms with Crippen LogP contribution >= 0.6 is 15.9 Å². The number of nitrogens with one attached hydrogen (secondary N) is 1. The summed E-state index contributed by atoms with van der Waals surface area (Å²) in [5.74, 6) is -0.350. The molecule has 5 nitrogen and oxygen atoms in total. The third-order valence-electron chi connectivity index (χ3n) is 2.70. The predicted octanol–water partition coefficient (Wildman–Crippen LogP) is 3.03. The number of nitrogens with two attached hydrogens (primary N) is 1. The summed E-state index contributed by atoms with van der Waals surface area (Å²) in [7, 11) is 0. The third-order valence-corrected chi connectivity index (χ3v) is 3.16. The van der Waals surface area contributed by atoms with Crippen molar-refractivity contribution in [2.24, 2.45) is 0 Å². The number of nitriles is 2. The summed E-state index contributed by atoms with van der Waals surface area (Å²) in [5, 5.41) is 20.5. The number of amides is 1. The average molecular weight is 341 g/mol. The van der Waals surface area contributed by atoms with Gasteiger partial charge in [0.25, 0.3) is 5.91 Å². The molecule has 3 N–H and O–H groups in total. The van der Waals surface area contributed by atoms with Crippen molar-refractivity contribution in [2.75, 3.05) is 11.1 Å². The Bertz CT molecular complexity index is 782.